The van der Waals surface area contributed by atoms with E-state index in [1.165, 1.54) is 0 Å². The summed E-state index contributed by atoms with van der Waals surface area (Å²) in [6.45, 7) is 0. The quantitative estimate of drug-likeness (QED) is 0.813. The van der Waals surface area contributed by atoms with Crippen molar-refractivity contribution in [3.8, 4) is 0 Å². The van der Waals surface area contributed by atoms with Gasteiger partial charge in [0.05, 0.1) is 0 Å². The molecule has 0 fully saturated rings. The molecule has 19 heavy (non-hydrogen) atoms. The van der Waals surface area contributed by atoms with E-state index in [-0.39, 0.29) is 11.9 Å². The fraction of sp³-hybridized carbons (Fsp3) is 0.0714. The van der Waals surface area contributed by atoms with Crippen molar-refractivity contribution in [3.05, 3.63) is 57.0 Å². The van der Waals surface area contributed by atoms with Crippen molar-refractivity contribution < 1.29 is 4.79 Å². The zero-order valence-corrected chi connectivity index (χ0v) is 13.0. The van der Waals surface area contributed by atoms with E-state index in [4.69, 9.17) is 0 Å². The van der Waals surface area contributed by atoms with Crippen LogP contribution in [0.4, 0.5) is 11.4 Å². The number of hydrogen-bond donors (Lipinski definition) is 2. The van der Waals surface area contributed by atoms with Gasteiger partial charge < -0.3 is 10.6 Å². The van der Waals surface area contributed by atoms with Gasteiger partial charge in [0.15, 0.2) is 0 Å². The fourth-order valence-corrected chi connectivity index (χ4v) is 2.99. The Morgan fingerprint density at radius 2 is 1.79 bits per heavy atom. The molecule has 0 aliphatic carbocycles. The Balaban J connectivity index is 1.94. The molecule has 96 valence electrons. The molecule has 1 unspecified atom stereocenters. The summed E-state index contributed by atoms with van der Waals surface area (Å²) in [5, 5.41) is 6.13. The van der Waals surface area contributed by atoms with E-state index in [1.54, 1.807) is 0 Å². The Morgan fingerprint density at radius 3 is 2.53 bits per heavy atom. The summed E-state index contributed by atoms with van der Waals surface area (Å²) >= 11 is 6.89. The third-order valence-electron chi connectivity index (χ3n) is 3.02. The van der Waals surface area contributed by atoms with Gasteiger partial charge in [-0.1, -0.05) is 37.9 Å². The van der Waals surface area contributed by atoms with Gasteiger partial charge in [-0.15, -0.1) is 0 Å². The van der Waals surface area contributed by atoms with E-state index in [9.17, 15) is 4.79 Å². The molecule has 2 aromatic rings. The van der Waals surface area contributed by atoms with Crippen LogP contribution in [0.25, 0.3) is 0 Å². The van der Waals surface area contributed by atoms with E-state index in [2.05, 4.69) is 42.5 Å². The number of benzene rings is 2. The highest BCUT2D eigenvalue weighted by atomic mass is 79.9. The first-order valence-corrected chi connectivity index (χ1v) is 7.35. The molecule has 0 spiro atoms. The first kappa shape index (κ1) is 12.7. The van der Waals surface area contributed by atoms with Gasteiger partial charge in [0, 0.05) is 25.9 Å². The average Bonchev–Trinajstić information content (AvgIpc) is 2.70. The number of nitrogens with one attached hydrogen (secondary N) is 2. The number of fused-ring (bicyclic) bond motifs is 1. The van der Waals surface area contributed by atoms with Crippen LogP contribution >= 0.6 is 31.9 Å². The lowest BCUT2D eigenvalue weighted by molar-refractivity contribution is -0.116. The summed E-state index contributed by atoms with van der Waals surface area (Å²) in [7, 11) is 0. The Morgan fingerprint density at radius 1 is 1.05 bits per heavy atom. The van der Waals surface area contributed by atoms with Crippen LogP contribution in [-0.4, -0.2) is 5.91 Å². The normalized spacial score (nSPS) is 16.9. The first-order valence-electron chi connectivity index (χ1n) is 5.76. The van der Waals surface area contributed by atoms with E-state index in [1.807, 2.05) is 42.5 Å². The zero-order chi connectivity index (χ0) is 13.4. The minimum atomic E-state index is -0.369. The van der Waals surface area contributed by atoms with Gasteiger partial charge in [-0.3, -0.25) is 4.79 Å². The second kappa shape index (κ2) is 4.98. The molecule has 5 heteroatoms. The highest BCUT2D eigenvalue weighted by Crippen LogP contribution is 2.38. The number of rotatable bonds is 2. The molecule has 1 amide bonds. The van der Waals surface area contributed by atoms with Crippen molar-refractivity contribution in [2.24, 2.45) is 0 Å². The maximum Gasteiger partial charge on any atom is 0.251 e. The molecular formula is C14H10Br2N2O. The lowest BCUT2D eigenvalue weighted by Gasteiger charge is -2.14. The molecule has 3 rings (SSSR count). The van der Waals surface area contributed by atoms with Gasteiger partial charge in [-0.25, -0.2) is 0 Å². The highest BCUT2D eigenvalue weighted by molar-refractivity contribution is 9.10. The van der Waals surface area contributed by atoms with Crippen molar-refractivity contribution in [1.29, 1.82) is 0 Å². The zero-order valence-electron chi connectivity index (χ0n) is 9.78. The molecule has 3 nitrogen and oxygen atoms in total. The van der Waals surface area contributed by atoms with Gasteiger partial charge in [0.2, 0.25) is 0 Å². The van der Waals surface area contributed by atoms with Crippen LogP contribution in [0.3, 0.4) is 0 Å². The number of amides is 1. The highest BCUT2D eigenvalue weighted by Gasteiger charge is 2.32. The van der Waals surface area contributed by atoms with Crippen LogP contribution in [-0.2, 0) is 4.79 Å². The molecule has 0 aromatic heterocycles. The maximum atomic E-state index is 12.1. The summed E-state index contributed by atoms with van der Waals surface area (Å²) in [6.07, 6.45) is 0. The van der Waals surface area contributed by atoms with Gasteiger partial charge >= 0.3 is 0 Å². The van der Waals surface area contributed by atoms with Gasteiger partial charge in [-0.2, -0.15) is 0 Å². The maximum absolute atomic E-state index is 12.1. The molecule has 0 saturated carbocycles. The number of hydrogen-bond acceptors (Lipinski definition) is 2. The molecule has 0 saturated heterocycles. The largest absolute Gasteiger partial charge is 0.370 e. The van der Waals surface area contributed by atoms with Crippen molar-refractivity contribution in [3.63, 3.8) is 0 Å². The monoisotopic (exact) mass is 380 g/mol. The second-order valence-electron chi connectivity index (χ2n) is 4.27. The lowest BCUT2D eigenvalue weighted by atomic mass is 10.1. The van der Waals surface area contributed by atoms with E-state index in [0.717, 1.165) is 25.9 Å². The van der Waals surface area contributed by atoms with Gasteiger partial charge in [0.25, 0.3) is 5.91 Å². The molecule has 1 heterocycles. The van der Waals surface area contributed by atoms with Crippen LogP contribution in [0.2, 0.25) is 0 Å². The van der Waals surface area contributed by atoms with Gasteiger partial charge in [-0.05, 0) is 36.4 Å². The molecule has 0 radical (unpaired) electrons. The van der Waals surface area contributed by atoms with Crippen molar-refractivity contribution >= 4 is 49.1 Å². The average molecular weight is 382 g/mol. The summed E-state index contributed by atoms with van der Waals surface area (Å²) in [6, 6.07) is 13.1. The molecule has 2 aromatic carbocycles. The van der Waals surface area contributed by atoms with Crippen LogP contribution in [0.15, 0.2) is 51.4 Å². The SMILES string of the molecule is O=C1Nc2cccc(Br)c2C1Nc1ccc(Br)cc1. The minimum absolute atomic E-state index is 0.0372. The van der Waals surface area contributed by atoms with E-state index in [0.29, 0.717) is 0 Å². The Kier molecular flexibility index (Phi) is 3.33. The summed E-state index contributed by atoms with van der Waals surface area (Å²) < 4.78 is 1.94. The Hall–Kier alpha value is -1.33. The number of halogens is 2. The molecule has 2 N–H and O–H groups in total. The standard InChI is InChI=1S/C14H10Br2N2O/c15-8-4-6-9(7-5-8)17-13-12-10(16)2-1-3-11(12)18-14(13)19/h1-7,13,17H,(H,18,19). The van der Waals surface area contributed by atoms with Crippen molar-refractivity contribution in [2.75, 3.05) is 10.6 Å². The lowest BCUT2D eigenvalue weighted by Crippen LogP contribution is -2.19. The fourth-order valence-electron chi connectivity index (χ4n) is 2.13. The Labute approximate surface area is 127 Å². The smallest absolute Gasteiger partial charge is 0.251 e. The topological polar surface area (TPSA) is 41.1 Å². The minimum Gasteiger partial charge on any atom is -0.370 e. The summed E-state index contributed by atoms with van der Waals surface area (Å²) in [4.78, 5) is 12.1. The van der Waals surface area contributed by atoms with Crippen LogP contribution in [0.1, 0.15) is 11.6 Å². The van der Waals surface area contributed by atoms with Crippen LogP contribution in [0.5, 0.6) is 0 Å². The molecule has 0 bridgehead atoms. The Bertz CT molecular complexity index is 640. The summed E-state index contributed by atoms with van der Waals surface area (Å²) in [5.41, 5.74) is 2.72. The van der Waals surface area contributed by atoms with Crippen LogP contribution < -0.4 is 10.6 Å². The number of carbonyl (C=O) groups is 1. The van der Waals surface area contributed by atoms with Crippen molar-refractivity contribution in [1.82, 2.24) is 0 Å². The third-order valence-corrected chi connectivity index (χ3v) is 4.24. The third kappa shape index (κ3) is 2.40. The van der Waals surface area contributed by atoms with Gasteiger partial charge in [0.1, 0.15) is 6.04 Å². The van der Waals surface area contributed by atoms with E-state index >= 15 is 0 Å². The predicted molar refractivity (Wildman–Crippen MR) is 83.3 cm³/mol. The molecule has 1 aliphatic rings. The molecule has 1 aliphatic heterocycles. The predicted octanol–water partition coefficient (Wildman–Crippen LogP) is 4.32. The molecular weight excluding hydrogens is 372 g/mol. The second-order valence-corrected chi connectivity index (χ2v) is 6.04. The first-order chi connectivity index (χ1) is 9.15. The molecule has 1 atom stereocenters. The van der Waals surface area contributed by atoms with Crippen molar-refractivity contribution in [2.45, 2.75) is 6.04 Å². The summed E-state index contributed by atoms with van der Waals surface area (Å²) in [5.74, 6) is -0.0372. The number of anilines is 2. The van der Waals surface area contributed by atoms with E-state index < -0.39 is 0 Å². The van der Waals surface area contributed by atoms with Crippen LogP contribution in [0, 0.1) is 0 Å². The number of carbonyl (C=O) groups excluding carboxylic acids is 1.